The zero-order valence-electron chi connectivity index (χ0n) is 22.1. The number of nitrogens with one attached hydrogen (secondary N) is 3. The molecule has 18 N–H and O–H groups in total. The van der Waals surface area contributed by atoms with E-state index in [-0.39, 0.29) is 56.8 Å². The van der Waals surface area contributed by atoms with Gasteiger partial charge in [-0.15, -0.1) is 0 Å². The van der Waals surface area contributed by atoms with E-state index in [9.17, 15) is 19.2 Å². The molecule has 18 nitrogen and oxygen atoms in total. The van der Waals surface area contributed by atoms with Crippen molar-refractivity contribution in [1.29, 1.82) is 0 Å². The van der Waals surface area contributed by atoms with E-state index < -0.39 is 47.9 Å². The molecule has 0 aliphatic rings. The number of hydrogen-bond donors (Lipinski definition) is 11. The molecule has 0 spiro atoms. The Morgan fingerprint density at radius 3 is 1.38 bits per heavy atom. The number of aliphatic carboxylic acids is 1. The summed E-state index contributed by atoms with van der Waals surface area (Å²) >= 11 is 0. The number of carbonyl (C=O) groups is 4. The van der Waals surface area contributed by atoms with Gasteiger partial charge in [-0.1, -0.05) is 0 Å². The van der Waals surface area contributed by atoms with Gasteiger partial charge in [0.1, 0.15) is 18.1 Å². The highest BCUT2D eigenvalue weighted by atomic mass is 16.4. The van der Waals surface area contributed by atoms with E-state index in [1.54, 1.807) is 0 Å². The third kappa shape index (κ3) is 16.9. The van der Waals surface area contributed by atoms with E-state index in [1.807, 2.05) is 0 Å². The van der Waals surface area contributed by atoms with Crippen LogP contribution in [0.4, 0.5) is 0 Å². The van der Waals surface area contributed by atoms with Crippen LogP contribution < -0.4 is 56.1 Å². The largest absolute Gasteiger partial charge is 0.480 e. The molecule has 0 saturated carbocycles. The second-order valence-corrected chi connectivity index (χ2v) is 8.64. The summed E-state index contributed by atoms with van der Waals surface area (Å²) in [6.07, 6.45) is 1.47. The van der Waals surface area contributed by atoms with Crippen molar-refractivity contribution in [2.75, 3.05) is 19.6 Å². The van der Waals surface area contributed by atoms with E-state index in [1.165, 1.54) is 6.92 Å². The predicted molar refractivity (Wildman–Crippen MR) is 147 cm³/mol. The Bertz CT molecular complexity index is 897. The van der Waals surface area contributed by atoms with Crippen LogP contribution in [0.5, 0.6) is 0 Å². The third-order valence-electron chi connectivity index (χ3n) is 5.19. The minimum Gasteiger partial charge on any atom is -0.480 e. The van der Waals surface area contributed by atoms with Gasteiger partial charge >= 0.3 is 5.97 Å². The Morgan fingerprint density at radius 2 is 1.00 bits per heavy atom. The van der Waals surface area contributed by atoms with E-state index in [0.29, 0.717) is 19.3 Å². The van der Waals surface area contributed by atoms with Crippen molar-refractivity contribution in [3.05, 3.63) is 0 Å². The summed E-state index contributed by atoms with van der Waals surface area (Å²) in [5.41, 5.74) is 37.8. The average molecular weight is 558 g/mol. The second-order valence-electron chi connectivity index (χ2n) is 8.64. The van der Waals surface area contributed by atoms with Gasteiger partial charge in [-0.2, -0.15) is 0 Å². The molecular weight excluding hydrogens is 514 g/mol. The quantitative estimate of drug-likeness (QED) is 0.0404. The summed E-state index contributed by atoms with van der Waals surface area (Å²) < 4.78 is 0. The lowest BCUT2D eigenvalue weighted by molar-refractivity contribution is -0.141. The van der Waals surface area contributed by atoms with Crippen molar-refractivity contribution in [2.24, 2.45) is 55.1 Å². The Kier molecular flexibility index (Phi) is 16.7. The maximum atomic E-state index is 13.2. The Morgan fingerprint density at radius 1 is 0.641 bits per heavy atom. The number of carbonyl (C=O) groups excluding carboxylic acids is 3. The highest BCUT2D eigenvalue weighted by Crippen LogP contribution is 2.05. The number of amides is 3. The normalized spacial score (nSPS) is 13.5. The molecule has 4 atom stereocenters. The smallest absolute Gasteiger partial charge is 0.325 e. The summed E-state index contributed by atoms with van der Waals surface area (Å²) in [6, 6.07) is -4.40. The van der Waals surface area contributed by atoms with Gasteiger partial charge in [0.05, 0.1) is 6.04 Å². The molecular formula is C21H43N13O5. The van der Waals surface area contributed by atoms with Gasteiger partial charge < -0.3 is 61.2 Å². The van der Waals surface area contributed by atoms with Gasteiger partial charge in [0.25, 0.3) is 0 Å². The molecule has 0 heterocycles. The maximum Gasteiger partial charge on any atom is 0.325 e. The Balaban J connectivity index is 5.54. The fourth-order valence-electron chi connectivity index (χ4n) is 3.12. The fourth-order valence-corrected chi connectivity index (χ4v) is 3.12. The fraction of sp³-hybridized carbons (Fsp3) is 0.667. The highest BCUT2D eigenvalue weighted by molar-refractivity contribution is 5.94. The van der Waals surface area contributed by atoms with E-state index >= 15 is 0 Å². The zero-order valence-corrected chi connectivity index (χ0v) is 22.1. The first-order valence-corrected chi connectivity index (χ1v) is 12.3. The molecule has 0 aromatic rings. The van der Waals surface area contributed by atoms with Crippen LogP contribution in [-0.2, 0) is 19.2 Å². The van der Waals surface area contributed by atoms with Gasteiger partial charge in [0.15, 0.2) is 17.9 Å². The number of nitrogens with two attached hydrogens (primary N) is 7. The molecule has 18 heteroatoms. The molecule has 39 heavy (non-hydrogen) atoms. The van der Waals surface area contributed by atoms with Gasteiger partial charge in [0, 0.05) is 19.6 Å². The molecule has 222 valence electrons. The highest BCUT2D eigenvalue weighted by Gasteiger charge is 2.29. The average Bonchev–Trinajstić information content (AvgIpc) is 2.84. The molecule has 0 fully saturated rings. The van der Waals surface area contributed by atoms with Crippen molar-refractivity contribution in [1.82, 2.24) is 16.0 Å². The van der Waals surface area contributed by atoms with Crippen LogP contribution in [0.3, 0.4) is 0 Å². The first-order valence-electron chi connectivity index (χ1n) is 12.3. The number of hydrogen-bond acceptors (Lipinski definition) is 8. The van der Waals surface area contributed by atoms with Crippen LogP contribution >= 0.6 is 0 Å². The van der Waals surface area contributed by atoms with Gasteiger partial charge in [-0.05, 0) is 45.4 Å². The summed E-state index contributed by atoms with van der Waals surface area (Å²) in [5, 5.41) is 16.6. The van der Waals surface area contributed by atoms with E-state index in [0.717, 1.165) is 0 Å². The molecule has 0 aromatic carbocycles. The van der Waals surface area contributed by atoms with Gasteiger partial charge in [-0.3, -0.25) is 34.2 Å². The molecule has 0 bridgehead atoms. The first-order chi connectivity index (χ1) is 18.2. The Labute approximate surface area is 226 Å². The molecule has 0 aromatic heterocycles. The number of carboxylic acid groups (broad SMARTS) is 1. The maximum absolute atomic E-state index is 13.2. The van der Waals surface area contributed by atoms with Gasteiger partial charge in [0.2, 0.25) is 17.7 Å². The van der Waals surface area contributed by atoms with Crippen LogP contribution in [0.25, 0.3) is 0 Å². The minimum atomic E-state index is -1.26. The number of carboxylic acids is 1. The summed E-state index contributed by atoms with van der Waals surface area (Å²) in [5.74, 6) is -3.64. The Hall–Kier alpha value is -4.35. The van der Waals surface area contributed by atoms with Crippen LogP contribution in [0.1, 0.15) is 45.4 Å². The monoisotopic (exact) mass is 557 g/mol. The van der Waals surface area contributed by atoms with Crippen molar-refractivity contribution in [3.63, 3.8) is 0 Å². The van der Waals surface area contributed by atoms with E-state index in [2.05, 4.69) is 30.9 Å². The topological polar surface area (TPSA) is 344 Å². The van der Waals surface area contributed by atoms with Crippen molar-refractivity contribution < 1.29 is 24.3 Å². The zero-order chi connectivity index (χ0) is 30.0. The number of nitrogens with zero attached hydrogens (tertiary/aromatic N) is 3. The lowest BCUT2D eigenvalue weighted by atomic mass is 10.1. The number of aliphatic imine (C=N–C) groups is 3. The van der Waals surface area contributed by atoms with Gasteiger partial charge in [-0.25, -0.2) is 0 Å². The molecule has 0 rings (SSSR count). The molecule has 0 aliphatic carbocycles. The molecule has 0 saturated heterocycles. The van der Waals surface area contributed by atoms with Crippen LogP contribution in [0.15, 0.2) is 15.0 Å². The summed E-state index contributed by atoms with van der Waals surface area (Å²) in [6.45, 7) is 1.91. The van der Waals surface area contributed by atoms with Crippen molar-refractivity contribution >= 4 is 41.6 Å². The van der Waals surface area contributed by atoms with Crippen molar-refractivity contribution in [3.8, 4) is 0 Å². The number of rotatable bonds is 19. The molecule has 0 radical (unpaired) electrons. The number of guanidine groups is 3. The lowest BCUT2D eigenvalue weighted by Gasteiger charge is -2.24. The minimum absolute atomic E-state index is 0.0830. The third-order valence-corrected chi connectivity index (χ3v) is 5.19. The first kappa shape index (κ1) is 34.6. The molecule has 3 amide bonds. The van der Waals surface area contributed by atoms with Crippen molar-refractivity contribution in [2.45, 2.75) is 69.6 Å². The van der Waals surface area contributed by atoms with Crippen LogP contribution in [-0.4, -0.2) is 90.5 Å². The lowest BCUT2D eigenvalue weighted by Crippen LogP contribution is -2.56. The molecule has 0 unspecified atom stereocenters. The SMILES string of the molecule is C[C@H](NC(=O)[C@H](CCCN=C(N)N)NC(=O)[C@H](CCCN=C(N)N)NC(=O)[C@@H](N)CCCN=C(N)N)C(=O)O. The van der Waals surface area contributed by atoms with Crippen LogP contribution in [0, 0.1) is 0 Å². The van der Waals surface area contributed by atoms with Crippen LogP contribution in [0.2, 0.25) is 0 Å². The predicted octanol–water partition coefficient (Wildman–Crippen LogP) is -4.97. The summed E-state index contributed by atoms with van der Waals surface area (Å²) in [4.78, 5) is 61.3. The standard InChI is InChI=1S/C21H43N13O5/c1-11(18(38)39)32-16(36)13(6-3-9-30-20(25)26)34-17(37)14(7-4-10-31-21(27)28)33-15(35)12(22)5-2-8-29-19(23)24/h11-14H,2-10,22H2,1H3,(H,32,36)(H,33,35)(H,34,37)(H,38,39)(H4,23,24,29)(H4,25,26,30)(H4,27,28,31)/t11-,12-,13-,14-/m0/s1. The van der Waals surface area contributed by atoms with E-state index in [4.69, 9.17) is 45.2 Å². The second kappa shape index (κ2) is 18.8. The summed E-state index contributed by atoms with van der Waals surface area (Å²) in [7, 11) is 0. The molecule has 0 aliphatic heterocycles.